The van der Waals surface area contributed by atoms with Crippen LogP contribution in [0.15, 0.2) is 42.6 Å². The van der Waals surface area contributed by atoms with E-state index in [2.05, 4.69) is 10.3 Å². The summed E-state index contributed by atoms with van der Waals surface area (Å²) in [5, 5.41) is 10.9. The van der Waals surface area contributed by atoms with E-state index in [0.717, 1.165) is 5.56 Å². The molecule has 1 amide bonds. The lowest BCUT2D eigenvalue weighted by molar-refractivity contribution is 0.0941. The molecule has 0 aliphatic carbocycles. The van der Waals surface area contributed by atoms with Crippen molar-refractivity contribution in [2.75, 3.05) is 6.54 Å². The number of carbonyl (C=O) groups excluding carboxylic acids is 2. The zero-order valence-electron chi connectivity index (χ0n) is 11.5. The lowest BCUT2D eigenvalue weighted by Gasteiger charge is -2.07. The molecule has 0 fully saturated rings. The van der Waals surface area contributed by atoms with E-state index in [9.17, 15) is 9.59 Å². The van der Waals surface area contributed by atoms with E-state index in [0.29, 0.717) is 5.56 Å². The Bertz CT molecular complexity index is 715. The first-order valence-corrected chi connectivity index (χ1v) is 6.35. The summed E-state index contributed by atoms with van der Waals surface area (Å²) in [6.45, 7) is 1.80. The Hall–Kier alpha value is -3.00. The van der Waals surface area contributed by atoms with Gasteiger partial charge in [-0.3, -0.25) is 14.6 Å². The van der Waals surface area contributed by atoms with Gasteiger partial charge in [-0.15, -0.1) is 0 Å². The molecule has 0 unspecified atom stereocenters. The summed E-state index contributed by atoms with van der Waals surface area (Å²) in [6.07, 6.45) is 1.44. The summed E-state index contributed by atoms with van der Waals surface area (Å²) >= 11 is 0. The topological polar surface area (TPSA) is 82.8 Å². The van der Waals surface area contributed by atoms with Crippen LogP contribution in [-0.4, -0.2) is 23.2 Å². The average Bonchev–Trinajstić information content (AvgIpc) is 2.52. The SMILES string of the molecule is Cc1ccc(C(=O)c2cccnc2C(=O)NCC#N)cc1. The van der Waals surface area contributed by atoms with Crippen molar-refractivity contribution < 1.29 is 9.59 Å². The summed E-state index contributed by atoms with van der Waals surface area (Å²) in [6, 6.07) is 12.0. The Kier molecular flexibility index (Phi) is 4.42. The number of hydrogen-bond acceptors (Lipinski definition) is 4. The molecular formula is C16H13N3O2. The lowest BCUT2D eigenvalue weighted by atomic mass is 10.0. The predicted molar refractivity (Wildman–Crippen MR) is 76.8 cm³/mol. The van der Waals surface area contributed by atoms with Crippen molar-refractivity contribution in [1.29, 1.82) is 5.26 Å². The maximum Gasteiger partial charge on any atom is 0.271 e. The van der Waals surface area contributed by atoms with E-state index in [4.69, 9.17) is 5.26 Å². The highest BCUT2D eigenvalue weighted by molar-refractivity contribution is 6.14. The number of aromatic nitrogens is 1. The monoisotopic (exact) mass is 279 g/mol. The van der Waals surface area contributed by atoms with Crippen molar-refractivity contribution in [3.05, 3.63) is 65.0 Å². The molecule has 0 spiro atoms. The number of aryl methyl sites for hydroxylation is 1. The molecule has 5 heteroatoms. The third kappa shape index (κ3) is 3.31. The van der Waals surface area contributed by atoms with Crippen molar-refractivity contribution in [3.8, 4) is 6.07 Å². The molecule has 1 aromatic carbocycles. The standard InChI is InChI=1S/C16H13N3O2/c1-11-4-6-12(7-5-11)15(20)13-3-2-9-18-14(13)16(21)19-10-8-17/h2-7,9H,10H2,1H3,(H,19,21). The van der Waals surface area contributed by atoms with Crippen LogP contribution in [0.4, 0.5) is 0 Å². The van der Waals surface area contributed by atoms with Crippen LogP contribution < -0.4 is 5.32 Å². The second-order valence-electron chi connectivity index (χ2n) is 4.44. The first kappa shape index (κ1) is 14.4. The first-order chi connectivity index (χ1) is 10.1. The summed E-state index contributed by atoms with van der Waals surface area (Å²) < 4.78 is 0. The van der Waals surface area contributed by atoms with Crippen molar-refractivity contribution in [1.82, 2.24) is 10.3 Å². The van der Waals surface area contributed by atoms with Crippen LogP contribution in [0.5, 0.6) is 0 Å². The molecule has 1 N–H and O–H groups in total. The molecule has 0 saturated carbocycles. The lowest BCUT2D eigenvalue weighted by Crippen LogP contribution is -2.26. The average molecular weight is 279 g/mol. The van der Waals surface area contributed by atoms with Gasteiger partial charge in [0.25, 0.3) is 5.91 Å². The Morgan fingerprint density at radius 3 is 2.62 bits per heavy atom. The molecule has 0 bridgehead atoms. The number of nitriles is 1. The van der Waals surface area contributed by atoms with Crippen LogP contribution in [0.2, 0.25) is 0 Å². The number of hydrogen-bond donors (Lipinski definition) is 1. The van der Waals surface area contributed by atoms with Gasteiger partial charge < -0.3 is 5.32 Å². The number of nitrogens with zero attached hydrogens (tertiary/aromatic N) is 2. The number of benzene rings is 1. The van der Waals surface area contributed by atoms with Crippen LogP contribution in [0.1, 0.15) is 32.0 Å². The molecule has 0 aliphatic heterocycles. The van der Waals surface area contributed by atoms with Gasteiger partial charge in [-0.05, 0) is 19.1 Å². The van der Waals surface area contributed by atoms with E-state index in [1.54, 1.807) is 24.3 Å². The van der Waals surface area contributed by atoms with Crippen LogP contribution in [-0.2, 0) is 0 Å². The number of carbonyl (C=O) groups is 2. The molecule has 0 saturated heterocycles. The van der Waals surface area contributed by atoms with Gasteiger partial charge in [0.15, 0.2) is 5.78 Å². The van der Waals surface area contributed by atoms with E-state index in [1.165, 1.54) is 6.20 Å². The molecular weight excluding hydrogens is 266 g/mol. The van der Waals surface area contributed by atoms with Gasteiger partial charge in [0.05, 0.1) is 11.6 Å². The number of pyridine rings is 1. The summed E-state index contributed by atoms with van der Waals surface area (Å²) in [5.74, 6) is -0.808. The van der Waals surface area contributed by atoms with E-state index in [-0.39, 0.29) is 23.6 Å². The van der Waals surface area contributed by atoms with Crippen molar-refractivity contribution in [3.63, 3.8) is 0 Å². The zero-order chi connectivity index (χ0) is 15.2. The highest BCUT2D eigenvalue weighted by Crippen LogP contribution is 2.13. The number of nitrogens with one attached hydrogen (secondary N) is 1. The van der Waals surface area contributed by atoms with E-state index >= 15 is 0 Å². The summed E-state index contributed by atoms with van der Waals surface area (Å²) in [4.78, 5) is 28.4. The summed E-state index contributed by atoms with van der Waals surface area (Å²) in [7, 11) is 0. The number of amides is 1. The molecule has 1 aromatic heterocycles. The fraction of sp³-hybridized carbons (Fsp3) is 0.125. The largest absolute Gasteiger partial charge is 0.338 e. The molecule has 0 radical (unpaired) electrons. The number of rotatable bonds is 4. The van der Waals surface area contributed by atoms with Gasteiger partial charge in [-0.25, -0.2) is 0 Å². The molecule has 21 heavy (non-hydrogen) atoms. The van der Waals surface area contributed by atoms with Crippen LogP contribution in [0.25, 0.3) is 0 Å². The predicted octanol–water partition coefficient (Wildman–Crippen LogP) is 1.87. The molecule has 1 heterocycles. The Morgan fingerprint density at radius 2 is 1.95 bits per heavy atom. The highest BCUT2D eigenvalue weighted by atomic mass is 16.2. The van der Waals surface area contributed by atoms with E-state index < -0.39 is 5.91 Å². The van der Waals surface area contributed by atoms with Crippen LogP contribution in [0, 0.1) is 18.3 Å². The molecule has 0 aliphatic rings. The Labute approximate surface area is 122 Å². The third-order valence-electron chi connectivity index (χ3n) is 2.91. The van der Waals surface area contributed by atoms with Gasteiger partial charge in [0.2, 0.25) is 0 Å². The fourth-order valence-electron chi connectivity index (χ4n) is 1.83. The van der Waals surface area contributed by atoms with Crippen molar-refractivity contribution in [2.24, 2.45) is 0 Å². The van der Waals surface area contributed by atoms with Crippen molar-refractivity contribution >= 4 is 11.7 Å². The molecule has 5 nitrogen and oxygen atoms in total. The van der Waals surface area contributed by atoms with Crippen LogP contribution in [0.3, 0.4) is 0 Å². The maximum atomic E-state index is 12.5. The maximum absolute atomic E-state index is 12.5. The molecule has 2 aromatic rings. The van der Waals surface area contributed by atoms with Crippen molar-refractivity contribution in [2.45, 2.75) is 6.92 Å². The van der Waals surface area contributed by atoms with Gasteiger partial charge in [-0.1, -0.05) is 29.8 Å². The van der Waals surface area contributed by atoms with Crippen LogP contribution >= 0.6 is 0 Å². The molecule has 104 valence electrons. The second kappa shape index (κ2) is 6.44. The van der Waals surface area contributed by atoms with Gasteiger partial charge in [0.1, 0.15) is 12.2 Å². The first-order valence-electron chi connectivity index (χ1n) is 6.35. The highest BCUT2D eigenvalue weighted by Gasteiger charge is 2.19. The smallest absolute Gasteiger partial charge is 0.271 e. The second-order valence-corrected chi connectivity index (χ2v) is 4.44. The minimum Gasteiger partial charge on any atom is -0.338 e. The van der Waals surface area contributed by atoms with Gasteiger partial charge in [0, 0.05) is 11.8 Å². The fourth-order valence-corrected chi connectivity index (χ4v) is 1.83. The minimum atomic E-state index is -0.535. The zero-order valence-corrected chi connectivity index (χ0v) is 11.5. The molecule has 2 rings (SSSR count). The normalized spacial score (nSPS) is 9.71. The van der Waals surface area contributed by atoms with Gasteiger partial charge >= 0.3 is 0 Å². The Balaban J connectivity index is 2.36. The number of ketones is 1. The Morgan fingerprint density at radius 1 is 1.24 bits per heavy atom. The minimum absolute atomic E-state index is 0.0262. The molecule has 0 atom stereocenters. The quantitative estimate of drug-likeness (QED) is 0.684. The van der Waals surface area contributed by atoms with Gasteiger partial charge in [-0.2, -0.15) is 5.26 Å². The summed E-state index contributed by atoms with van der Waals surface area (Å²) in [5.41, 5.74) is 1.78. The third-order valence-corrected chi connectivity index (χ3v) is 2.91. The van der Waals surface area contributed by atoms with E-state index in [1.807, 2.05) is 25.1 Å².